The van der Waals surface area contributed by atoms with Gasteiger partial charge in [-0.05, 0) is 59.6 Å². The molecule has 1 aromatic carbocycles. The largest absolute Gasteiger partial charge is 0.399 e. The molecule has 1 aliphatic rings. The molecule has 1 fully saturated rings. The molecule has 2 rings (SSSR count). The summed E-state index contributed by atoms with van der Waals surface area (Å²) in [4.78, 5) is 0.245. The van der Waals surface area contributed by atoms with Crippen molar-refractivity contribution in [3.63, 3.8) is 0 Å². The van der Waals surface area contributed by atoms with Gasteiger partial charge in [-0.3, -0.25) is 0 Å². The van der Waals surface area contributed by atoms with Gasteiger partial charge >= 0.3 is 0 Å². The van der Waals surface area contributed by atoms with Gasteiger partial charge in [0.2, 0.25) is 10.0 Å². The Hall–Kier alpha value is -0.240. The van der Waals surface area contributed by atoms with Gasteiger partial charge in [0.05, 0.1) is 4.90 Å². The highest BCUT2D eigenvalue weighted by Gasteiger charge is 2.29. The fourth-order valence-corrected chi connectivity index (χ4v) is 5.45. The number of nitrogens with two attached hydrogens (primary N) is 1. The molecule has 0 aliphatic heterocycles. The third-order valence-corrected chi connectivity index (χ3v) is 6.88. The normalized spacial score (nSPS) is 23.7. The molecule has 0 radical (unpaired) electrons. The maximum atomic E-state index is 12.3. The molecule has 1 aliphatic carbocycles. The Kier molecular flexibility index (Phi) is 4.81. The minimum Gasteiger partial charge on any atom is -0.399 e. The standard InChI is InChI=1S/C12H17BrN2O2S2/c1-18-10-4-3-9(7-10)15-19(16,17)12-5-2-8(14)6-11(12)13/h2,5-6,9-10,15H,3-4,7,14H2,1H3. The highest BCUT2D eigenvalue weighted by molar-refractivity contribution is 9.10. The lowest BCUT2D eigenvalue weighted by Crippen LogP contribution is -2.33. The Bertz CT molecular complexity index is 563. The van der Waals surface area contributed by atoms with Crippen LogP contribution in [-0.4, -0.2) is 26.0 Å². The first-order chi connectivity index (χ1) is 8.92. The van der Waals surface area contributed by atoms with E-state index in [1.807, 2.05) is 0 Å². The Morgan fingerprint density at radius 2 is 2.16 bits per heavy atom. The lowest BCUT2D eigenvalue weighted by Gasteiger charge is -2.14. The van der Waals surface area contributed by atoms with Crippen molar-refractivity contribution in [2.24, 2.45) is 0 Å². The molecule has 0 heterocycles. The molecular formula is C12H17BrN2O2S2. The molecule has 0 saturated heterocycles. The first-order valence-corrected chi connectivity index (χ1v) is 9.59. The summed E-state index contributed by atoms with van der Waals surface area (Å²) in [5, 5.41) is 0.558. The number of thioether (sulfide) groups is 1. The molecule has 0 aromatic heterocycles. The summed E-state index contributed by atoms with van der Waals surface area (Å²) in [6, 6.07) is 4.77. The van der Waals surface area contributed by atoms with Crippen molar-refractivity contribution in [1.82, 2.24) is 4.72 Å². The molecular weight excluding hydrogens is 348 g/mol. The van der Waals surface area contributed by atoms with E-state index in [-0.39, 0.29) is 10.9 Å². The molecule has 0 amide bonds. The van der Waals surface area contributed by atoms with Crippen molar-refractivity contribution >= 4 is 43.4 Å². The lowest BCUT2D eigenvalue weighted by molar-refractivity contribution is 0.552. The summed E-state index contributed by atoms with van der Waals surface area (Å²) in [6.45, 7) is 0. The number of hydrogen-bond acceptors (Lipinski definition) is 4. The Labute approximate surface area is 126 Å². The molecule has 7 heteroatoms. The van der Waals surface area contributed by atoms with Gasteiger partial charge in [-0.1, -0.05) is 0 Å². The SMILES string of the molecule is CSC1CCC(NS(=O)(=O)c2ccc(N)cc2Br)C1. The average Bonchev–Trinajstić information content (AvgIpc) is 2.75. The topological polar surface area (TPSA) is 72.2 Å². The van der Waals surface area contributed by atoms with Crippen LogP contribution in [0.3, 0.4) is 0 Å². The molecule has 4 nitrogen and oxygen atoms in total. The Balaban J connectivity index is 2.14. The van der Waals surface area contributed by atoms with E-state index in [0.29, 0.717) is 15.4 Å². The molecule has 0 spiro atoms. The van der Waals surface area contributed by atoms with Crippen LogP contribution in [-0.2, 0) is 10.0 Å². The third-order valence-electron chi connectivity index (χ3n) is 3.29. The van der Waals surface area contributed by atoms with Gasteiger partial charge in [-0.25, -0.2) is 13.1 Å². The first-order valence-electron chi connectivity index (χ1n) is 6.02. The number of anilines is 1. The molecule has 19 heavy (non-hydrogen) atoms. The number of benzene rings is 1. The second-order valence-corrected chi connectivity index (χ2v) is 8.35. The van der Waals surface area contributed by atoms with Gasteiger partial charge in [0.15, 0.2) is 0 Å². The van der Waals surface area contributed by atoms with Crippen LogP contribution < -0.4 is 10.5 Å². The highest BCUT2D eigenvalue weighted by atomic mass is 79.9. The van der Waals surface area contributed by atoms with Gasteiger partial charge in [0.1, 0.15) is 0 Å². The maximum Gasteiger partial charge on any atom is 0.241 e. The van der Waals surface area contributed by atoms with Crippen molar-refractivity contribution in [3.05, 3.63) is 22.7 Å². The summed E-state index contributed by atoms with van der Waals surface area (Å²) in [6.07, 6.45) is 4.93. The number of sulfonamides is 1. The molecule has 2 atom stereocenters. The third kappa shape index (κ3) is 3.65. The van der Waals surface area contributed by atoms with Crippen molar-refractivity contribution < 1.29 is 8.42 Å². The van der Waals surface area contributed by atoms with Crippen LogP contribution in [0.15, 0.2) is 27.6 Å². The average molecular weight is 365 g/mol. The van der Waals surface area contributed by atoms with Crippen LogP contribution in [0.1, 0.15) is 19.3 Å². The van der Waals surface area contributed by atoms with Gasteiger partial charge < -0.3 is 5.73 Å². The number of hydrogen-bond donors (Lipinski definition) is 2. The van der Waals surface area contributed by atoms with E-state index in [4.69, 9.17) is 5.73 Å². The fraction of sp³-hybridized carbons (Fsp3) is 0.500. The lowest BCUT2D eigenvalue weighted by atomic mass is 10.3. The van der Waals surface area contributed by atoms with E-state index in [1.165, 1.54) is 6.07 Å². The molecule has 3 N–H and O–H groups in total. The minimum absolute atomic E-state index is 0.0342. The van der Waals surface area contributed by atoms with Crippen LogP contribution in [0.5, 0.6) is 0 Å². The van der Waals surface area contributed by atoms with Crippen molar-refractivity contribution in [3.8, 4) is 0 Å². The molecule has 0 bridgehead atoms. The zero-order chi connectivity index (χ0) is 14.0. The summed E-state index contributed by atoms with van der Waals surface area (Å²) in [7, 11) is -3.48. The molecule has 1 aromatic rings. The summed E-state index contributed by atoms with van der Waals surface area (Å²) in [5.74, 6) is 0. The number of nitrogens with one attached hydrogen (secondary N) is 1. The predicted octanol–water partition coefficient (Wildman–Crippen LogP) is 2.59. The Morgan fingerprint density at radius 3 is 2.74 bits per heavy atom. The zero-order valence-corrected chi connectivity index (χ0v) is 13.8. The van der Waals surface area contributed by atoms with Crippen LogP contribution in [0.25, 0.3) is 0 Å². The fourth-order valence-electron chi connectivity index (χ4n) is 2.28. The van der Waals surface area contributed by atoms with Crippen LogP contribution in [0, 0.1) is 0 Å². The Morgan fingerprint density at radius 1 is 1.42 bits per heavy atom. The van der Waals surface area contributed by atoms with Crippen molar-refractivity contribution in [1.29, 1.82) is 0 Å². The van der Waals surface area contributed by atoms with Gasteiger partial charge in [0.25, 0.3) is 0 Å². The second kappa shape index (κ2) is 6.03. The van der Waals surface area contributed by atoms with E-state index >= 15 is 0 Å². The number of nitrogen functional groups attached to an aromatic ring is 1. The van der Waals surface area contributed by atoms with Crippen LogP contribution >= 0.6 is 27.7 Å². The second-order valence-electron chi connectivity index (χ2n) is 4.68. The summed E-state index contributed by atoms with van der Waals surface area (Å²) in [5.41, 5.74) is 6.16. The summed E-state index contributed by atoms with van der Waals surface area (Å²) < 4.78 is 27.9. The smallest absolute Gasteiger partial charge is 0.241 e. The molecule has 1 saturated carbocycles. The molecule has 2 unspecified atom stereocenters. The number of halogens is 1. The van der Waals surface area contributed by atoms with Crippen LogP contribution in [0.2, 0.25) is 0 Å². The predicted molar refractivity (Wildman–Crippen MR) is 83.8 cm³/mol. The van der Waals surface area contributed by atoms with Crippen molar-refractivity contribution in [2.45, 2.75) is 35.4 Å². The van der Waals surface area contributed by atoms with E-state index in [2.05, 4.69) is 26.9 Å². The minimum atomic E-state index is -3.48. The van der Waals surface area contributed by atoms with E-state index in [1.54, 1.807) is 23.9 Å². The van der Waals surface area contributed by atoms with Gasteiger partial charge in [0, 0.05) is 21.5 Å². The summed E-state index contributed by atoms with van der Waals surface area (Å²) >= 11 is 5.06. The van der Waals surface area contributed by atoms with E-state index < -0.39 is 10.0 Å². The zero-order valence-electron chi connectivity index (χ0n) is 10.6. The van der Waals surface area contributed by atoms with Gasteiger partial charge in [-0.2, -0.15) is 11.8 Å². The van der Waals surface area contributed by atoms with Crippen LogP contribution in [0.4, 0.5) is 5.69 Å². The van der Waals surface area contributed by atoms with E-state index in [9.17, 15) is 8.42 Å². The molecule has 106 valence electrons. The monoisotopic (exact) mass is 364 g/mol. The van der Waals surface area contributed by atoms with Gasteiger partial charge in [-0.15, -0.1) is 0 Å². The van der Waals surface area contributed by atoms with E-state index in [0.717, 1.165) is 19.3 Å². The quantitative estimate of drug-likeness (QED) is 0.805. The van der Waals surface area contributed by atoms with Crippen molar-refractivity contribution in [2.75, 3.05) is 12.0 Å². The highest BCUT2D eigenvalue weighted by Crippen LogP contribution is 2.30. The first kappa shape index (κ1) is 15.2. The maximum absolute atomic E-state index is 12.3. The number of rotatable bonds is 4.